The number of amides is 2. The second kappa shape index (κ2) is 18.9. The van der Waals surface area contributed by atoms with Crippen molar-refractivity contribution in [3.05, 3.63) is 125 Å². The van der Waals surface area contributed by atoms with Crippen LogP contribution in [0.15, 0.2) is 97.1 Å². The number of benzene rings is 4. The molecular formula is C46H58N3O6+. The minimum atomic E-state index is -0.965. The summed E-state index contributed by atoms with van der Waals surface area (Å²) in [7, 11) is 6.61. The summed E-state index contributed by atoms with van der Waals surface area (Å²) in [5, 5.41) is 5.51. The largest absolute Gasteiger partial charge is 0.494 e. The van der Waals surface area contributed by atoms with Gasteiger partial charge < -0.3 is 29.3 Å². The van der Waals surface area contributed by atoms with E-state index in [1.54, 1.807) is 6.92 Å². The molecule has 0 aliphatic heterocycles. The summed E-state index contributed by atoms with van der Waals surface area (Å²) in [6.07, 6.45) is 2.44. The van der Waals surface area contributed by atoms with E-state index >= 15 is 0 Å². The molecule has 4 unspecified atom stereocenters. The molecule has 0 saturated heterocycles. The fourth-order valence-electron chi connectivity index (χ4n) is 6.88. The fraction of sp³-hybridized carbons (Fsp3) is 0.413. The minimum Gasteiger partial charge on any atom is -0.494 e. The van der Waals surface area contributed by atoms with Gasteiger partial charge in [0.15, 0.2) is 6.10 Å². The zero-order chi connectivity index (χ0) is 39.5. The topological polar surface area (TPSA) is 103 Å². The predicted molar refractivity (Wildman–Crippen MR) is 217 cm³/mol. The molecule has 0 aromatic heterocycles. The highest BCUT2D eigenvalue weighted by Crippen LogP contribution is 2.44. The van der Waals surface area contributed by atoms with Crippen molar-refractivity contribution in [3.63, 3.8) is 0 Å². The molecule has 0 fully saturated rings. The summed E-state index contributed by atoms with van der Waals surface area (Å²) in [4.78, 5) is 40.4. The highest BCUT2D eigenvalue weighted by atomic mass is 16.6. The van der Waals surface area contributed by atoms with Crippen LogP contribution in [-0.4, -0.2) is 75.4 Å². The molecule has 0 spiro atoms. The van der Waals surface area contributed by atoms with Gasteiger partial charge in [0.05, 0.1) is 34.3 Å². The van der Waals surface area contributed by atoms with E-state index in [9.17, 15) is 14.4 Å². The van der Waals surface area contributed by atoms with E-state index in [0.717, 1.165) is 75.0 Å². The summed E-state index contributed by atoms with van der Waals surface area (Å²) in [5.74, 6) is -0.663. The number of rotatable bonds is 18. The van der Waals surface area contributed by atoms with Crippen LogP contribution in [0.1, 0.15) is 86.3 Å². The Morgan fingerprint density at radius 3 is 1.91 bits per heavy atom. The van der Waals surface area contributed by atoms with Crippen molar-refractivity contribution in [1.82, 2.24) is 10.6 Å². The molecule has 292 valence electrons. The molecule has 9 nitrogen and oxygen atoms in total. The van der Waals surface area contributed by atoms with Crippen molar-refractivity contribution in [1.29, 1.82) is 0 Å². The van der Waals surface area contributed by atoms with Gasteiger partial charge in [0, 0.05) is 5.92 Å². The number of ether oxygens (including phenoxy) is 3. The van der Waals surface area contributed by atoms with Crippen LogP contribution in [0.2, 0.25) is 0 Å². The maximum Gasteiger partial charge on any atom is 0.407 e. The highest BCUT2D eigenvalue weighted by Gasteiger charge is 2.33. The molecule has 2 amide bonds. The number of alkyl carbamates (subject to hydrolysis) is 1. The van der Waals surface area contributed by atoms with E-state index in [1.165, 1.54) is 0 Å². The summed E-state index contributed by atoms with van der Waals surface area (Å²) >= 11 is 0. The summed E-state index contributed by atoms with van der Waals surface area (Å²) in [5.41, 5.74) is 7.14. The van der Waals surface area contributed by atoms with Crippen molar-refractivity contribution < 1.29 is 33.1 Å². The third-order valence-electron chi connectivity index (χ3n) is 10.4. The smallest absolute Gasteiger partial charge is 0.407 e. The minimum absolute atomic E-state index is 0.107. The Bertz CT molecular complexity index is 1840. The molecule has 9 heteroatoms. The average Bonchev–Trinajstić information content (AvgIpc) is 3.49. The molecule has 4 aromatic carbocycles. The zero-order valence-corrected chi connectivity index (χ0v) is 33.5. The molecule has 0 radical (unpaired) electrons. The van der Waals surface area contributed by atoms with E-state index < -0.39 is 36.2 Å². The van der Waals surface area contributed by atoms with Gasteiger partial charge in [-0.05, 0) is 84.5 Å². The number of aryl methyl sites for hydroxylation is 1. The number of fused-ring (bicyclic) bond motifs is 3. The van der Waals surface area contributed by atoms with E-state index in [2.05, 4.69) is 56.0 Å². The SMILES string of the molecule is CCC(C)C(NC(=O)C(C)NC(=O)OCC1c2ccccc2-c2ccccc21)C(=O)OC(c1ccc(C)cc1)c1ccc(OCCCCC[N+](C)(C)C)cc1. The normalized spacial score (nSPS) is 14.5. The van der Waals surface area contributed by atoms with Gasteiger partial charge >= 0.3 is 12.1 Å². The number of carbonyl (C=O) groups is 3. The van der Waals surface area contributed by atoms with Crippen LogP contribution in [0.3, 0.4) is 0 Å². The number of carbonyl (C=O) groups excluding carboxylic acids is 3. The molecule has 55 heavy (non-hydrogen) atoms. The number of nitrogens with one attached hydrogen (secondary N) is 2. The van der Waals surface area contributed by atoms with Gasteiger partial charge in [-0.2, -0.15) is 0 Å². The van der Waals surface area contributed by atoms with Crippen molar-refractivity contribution >= 4 is 18.0 Å². The molecular weight excluding hydrogens is 691 g/mol. The maximum atomic E-state index is 14.0. The molecule has 4 aromatic rings. The van der Waals surface area contributed by atoms with E-state index in [1.807, 2.05) is 93.6 Å². The van der Waals surface area contributed by atoms with Gasteiger partial charge in [0.2, 0.25) is 5.91 Å². The van der Waals surface area contributed by atoms with Crippen LogP contribution >= 0.6 is 0 Å². The average molecular weight is 749 g/mol. The Morgan fingerprint density at radius 2 is 1.33 bits per heavy atom. The molecule has 5 rings (SSSR count). The third-order valence-corrected chi connectivity index (χ3v) is 10.4. The molecule has 0 bridgehead atoms. The van der Waals surface area contributed by atoms with Crippen LogP contribution in [0.5, 0.6) is 5.75 Å². The molecule has 4 atom stereocenters. The number of hydrogen-bond donors (Lipinski definition) is 2. The zero-order valence-electron chi connectivity index (χ0n) is 33.5. The van der Waals surface area contributed by atoms with Gasteiger partial charge in [-0.25, -0.2) is 9.59 Å². The van der Waals surface area contributed by atoms with Crippen LogP contribution in [0, 0.1) is 12.8 Å². The van der Waals surface area contributed by atoms with Gasteiger partial charge in [0.25, 0.3) is 0 Å². The molecule has 0 saturated carbocycles. The van der Waals surface area contributed by atoms with Crippen LogP contribution in [0.4, 0.5) is 4.79 Å². The quantitative estimate of drug-likeness (QED) is 0.0603. The summed E-state index contributed by atoms with van der Waals surface area (Å²) in [6, 6.07) is 29.8. The van der Waals surface area contributed by atoms with Gasteiger partial charge in [-0.15, -0.1) is 0 Å². The van der Waals surface area contributed by atoms with Crippen molar-refractivity contribution in [2.75, 3.05) is 40.9 Å². The van der Waals surface area contributed by atoms with E-state index in [4.69, 9.17) is 14.2 Å². The summed E-state index contributed by atoms with van der Waals surface area (Å²) < 4.78 is 18.9. The number of hydrogen-bond acceptors (Lipinski definition) is 6. The lowest BCUT2D eigenvalue weighted by molar-refractivity contribution is -0.870. The first-order valence-electron chi connectivity index (χ1n) is 19.6. The van der Waals surface area contributed by atoms with Crippen molar-refractivity contribution in [2.24, 2.45) is 5.92 Å². The first kappa shape index (κ1) is 41.0. The lowest BCUT2D eigenvalue weighted by Gasteiger charge is -2.27. The Hall–Kier alpha value is -5.15. The predicted octanol–water partition coefficient (Wildman–Crippen LogP) is 8.34. The molecule has 1 aliphatic rings. The lowest BCUT2D eigenvalue weighted by atomic mass is 9.97. The van der Waals surface area contributed by atoms with Crippen LogP contribution < -0.4 is 15.4 Å². The molecule has 0 heterocycles. The first-order valence-corrected chi connectivity index (χ1v) is 19.6. The Kier molecular flexibility index (Phi) is 14.1. The van der Waals surface area contributed by atoms with Crippen molar-refractivity contribution in [2.45, 2.75) is 77.5 Å². The van der Waals surface area contributed by atoms with Gasteiger partial charge in [-0.3, -0.25) is 4.79 Å². The Morgan fingerprint density at radius 1 is 0.745 bits per heavy atom. The second-order valence-electron chi connectivity index (χ2n) is 15.8. The summed E-state index contributed by atoms with van der Waals surface area (Å²) in [6.45, 7) is 9.32. The van der Waals surface area contributed by atoms with Gasteiger partial charge in [-0.1, -0.05) is 111 Å². The number of unbranched alkanes of at least 4 members (excludes halogenated alkanes) is 2. The van der Waals surface area contributed by atoms with Gasteiger partial charge in [0.1, 0.15) is 24.4 Å². The molecule has 2 N–H and O–H groups in total. The second-order valence-corrected chi connectivity index (χ2v) is 15.8. The molecule has 1 aliphatic carbocycles. The number of nitrogens with zero attached hydrogens (tertiary/aromatic N) is 1. The Balaban J connectivity index is 1.20. The van der Waals surface area contributed by atoms with E-state index in [0.29, 0.717) is 13.0 Å². The highest BCUT2D eigenvalue weighted by molar-refractivity contribution is 5.89. The fourth-order valence-corrected chi connectivity index (χ4v) is 6.88. The first-order chi connectivity index (χ1) is 26.3. The Labute approximate surface area is 327 Å². The standard InChI is InChI=1S/C46H57N3O6/c1-8-32(3)42(48-44(50)33(4)47-46(52)54-30-41-39-18-12-10-16-37(39)38-17-11-13-19-40(38)41)45(51)55-43(34-22-20-31(2)21-23-34)35-24-26-36(27-25-35)53-29-15-9-14-28-49(5,6)7/h10-13,16-27,32-33,41-43H,8-9,14-15,28-30H2,1-7H3,(H-,47,48,50,52)/p+1. The number of esters is 1. The lowest BCUT2D eigenvalue weighted by Crippen LogP contribution is -2.53. The third kappa shape index (κ3) is 11.2. The monoisotopic (exact) mass is 748 g/mol. The van der Waals surface area contributed by atoms with E-state index in [-0.39, 0.29) is 18.4 Å². The number of quaternary nitrogens is 1. The van der Waals surface area contributed by atoms with Crippen molar-refractivity contribution in [3.8, 4) is 16.9 Å². The van der Waals surface area contributed by atoms with Crippen LogP contribution in [-0.2, 0) is 19.1 Å². The van der Waals surface area contributed by atoms with Crippen LogP contribution in [0.25, 0.3) is 11.1 Å². The maximum absolute atomic E-state index is 14.0.